The molecule has 31 heavy (non-hydrogen) atoms. The van der Waals surface area contributed by atoms with Crippen molar-refractivity contribution in [1.82, 2.24) is 0 Å². The molecule has 1 aliphatic heterocycles. The Morgan fingerprint density at radius 2 is 1.81 bits per heavy atom. The summed E-state index contributed by atoms with van der Waals surface area (Å²) in [6, 6.07) is 10.7. The van der Waals surface area contributed by atoms with Crippen molar-refractivity contribution in [3.63, 3.8) is 0 Å². The molecule has 0 spiro atoms. The van der Waals surface area contributed by atoms with E-state index in [-0.39, 0.29) is 34.3 Å². The molecule has 2 aromatic carbocycles. The van der Waals surface area contributed by atoms with Crippen molar-refractivity contribution in [2.24, 2.45) is 11.8 Å². The topological polar surface area (TPSA) is 104 Å². The SMILES string of the molecule is CC1=CC[C@@H]2C(=O)N(c3ccccc3C(=O)Nc3cc(C(=O)O)ccc3Br)C(=O)[C@@H]2C1. The number of carboxylic acids is 1. The van der Waals surface area contributed by atoms with Gasteiger partial charge in [0.1, 0.15) is 0 Å². The van der Waals surface area contributed by atoms with E-state index in [1.807, 2.05) is 13.0 Å². The van der Waals surface area contributed by atoms with E-state index in [4.69, 9.17) is 0 Å². The number of rotatable bonds is 4. The van der Waals surface area contributed by atoms with Gasteiger partial charge in [-0.2, -0.15) is 0 Å². The fraction of sp³-hybridized carbons (Fsp3) is 0.217. The number of carbonyl (C=O) groups is 4. The number of halogens is 1. The van der Waals surface area contributed by atoms with E-state index in [1.54, 1.807) is 18.2 Å². The van der Waals surface area contributed by atoms with Crippen LogP contribution in [0.4, 0.5) is 11.4 Å². The fourth-order valence-corrected chi connectivity index (χ4v) is 4.43. The maximum absolute atomic E-state index is 13.1. The Bertz CT molecular complexity index is 1160. The van der Waals surface area contributed by atoms with Gasteiger partial charge in [-0.3, -0.25) is 14.4 Å². The number of allylic oxidation sites excluding steroid dienone is 2. The van der Waals surface area contributed by atoms with E-state index in [2.05, 4.69) is 21.2 Å². The first-order chi connectivity index (χ1) is 14.8. The van der Waals surface area contributed by atoms with Gasteiger partial charge in [0, 0.05) is 4.47 Å². The minimum Gasteiger partial charge on any atom is -0.478 e. The minimum atomic E-state index is -1.12. The summed E-state index contributed by atoms with van der Waals surface area (Å²) in [5, 5.41) is 11.9. The highest BCUT2D eigenvalue weighted by atomic mass is 79.9. The van der Waals surface area contributed by atoms with E-state index in [1.165, 1.54) is 24.3 Å². The Labute approximate surface area is 186 Å². The van der Waals surface area contributed by atoms with Crippen molar-refractivity contribution in [2.45, 2.75) is 19.8 Å². The third-order valence-corrected chi connectivity index (χ3v) is 6.37. The Kier molecular flexibility index (Phi) is 5.49. The molecule has 1 saturated heterocycles. The molecule has 1 fully saturated rings. The van der Waals surface area contributed by atoms with E-state index >= 15 is 0 Å². The lowest BCUT2D eigenvalue weighted by Crippen LogP contribution is -2.33. The Morgan fingerprint density at radius 1 is 1.10 bits per heavy atom. The van der Waals surface area contributed by atoms with Gasteiger partial charge in [0.2, 0.25) is 11.8 Å². The third kappa shape index (κ3) is 3.79. The van der Waals surface area contributed by atoms with E-state index in [9.17, 15) is 24.3 Å². The standard InChI is InChI=1S/C23H19BrN2O5/c1-12-6-8-14-16(10-12)22(29)26(21(14)28)19-5-3-2-4-15(19)20(27)25-18-11-13(23(30)31)7-9-17(18)24/h2-7,9,11,14,16H,8,10H2,1H3,(H,25,27)(H,30,31)/t14-,16+/m0/s1. The molecule has 2 aliphatic rings. The molecule has 3 amide bonds. The normalized spacial score (nSPS) is 20.3. The number of benzene rings is 2. The Balaban J connectivity index is 1.66. The van der Waals surface area contributed by atoms with Gasteiger partial charge in [-0.05, 0) is 66.0 Å². The van der Waals surface area contributed by atoms with Crippen LogP contribution in [0.1, 0.15) is 40.5 Å². The second-order valence-corrected chi connectivity index (χ2v) is 8.54. The Morgan fingerprint density at radius 3 is 2.55 bits per heavy atom. The molecular formula is C23H19BrN2O5. The number of amides is 3. The highest BCUT2D eigenvalue weighted by Gasteiger charge is 2.49. The lowest BCUT2D eigenvalue weighted by molar-refractivity contribution is -0.122. The van der Waals surface area contributed by atoms with Crippen LogP contribution in [0, 0.1) is 11.8 Å². The van der Waals surface area contributed by atoms with Gasteiger partial charge in [0.15, 0.2) is 0 Å². The number of carboxylic acid groups (broad SMARTS) is 1. The van der Waals surface area contributed by atoms with Crippen molar-refractivity contribution < 1.29 is 24.3 Å². The molecule has 0 bridgehead atoms. The molecule has 0 unspecified atom stereocenters. The number of carbonyl (C=O) groups excluding carboxylic acids is 3. The summed E-state index contributed by atoms with van der Waals surface area (Å²) < 4.78 is 0.504. The van der Waals surface area contributed by atoms with Crippen molar-refractivity contribution in [3.8, 4) is 0 Å². The third-order valence-electron chi connectivity index (χ3n) is 5.67. The molecule has 7 nitrogen and oxygen atoms in total. The number of fused-ring (bicyclic) bond motifs is 1. The second-order valence-electron chi connectivity index (χ2n) is 7.69. The number of aromatic carboxylic acids is 1. The highest BCUT2D eigenvalue weighted by molar-refractivity contribution is 9.10. The zero-order chi connectivity index (χ0) is 22.3. The van der Waals surface area contributed by atoms with Gasteiger partial charge >= 0.3 is 5.97 Å². The molecular weight excluding hydrogens is 464 g/mol. The first-order valence-electron chi connectivity index (χ1n) is 9.74. The zero-order valence-corrected chi connectivity index (χ0v) is 18.2. The fourth-order valence-electron chi connectivity index (χ4n) is 4.08. The van der Waals surface area contributed by atoms with E-state index in [0.29, 0.717) is 17.3 Å². The van der Waals surface area contributed by atoms with Gasteiger partial charge in [-0.25, -0.2) is 9.69 Å². The van der Waals surface area contributed by atoms with Crippen LogP contribution in [0.25, 0.3) is 0 Å². The van der Waals surface area contributed by atoms with Crippen LogP contribution in [0.5, 0.6) is 0 Å². The van der Waals surface area contributed by atoms with Crippen molar-refractivity contribution >= 4 is 51.0 Å². The van der Waals surface area contributed by atoms with Gasteiger partial charge in [-0.15, -0.1) is 0 Å². The van der Waals surface area contributed by atoms with Crippen LogP contribution in [0.15, 0.2) is 58.6 Å². The van der Waals surface area contributed by atoms with Gasteiger partial charge in [-0.1, -0.05) is 23.8 Å². The highest BCUT2D eigenvalue weighted by Crippen LogP contribution is 2.40. The number of nitrogens with one attached hydrogen (secondary N) is 1. The summed E-state index contributed by atoms with van der Waals surface area (Å²) in [7, 11) is 0. The van der Waals surface area contributed by atoms with Crippen LogP contribution >= 0.6 is 15.9 Å². The molecule has 2 aromatic rings. The summed E-state index contributed by atoms with van der Waals surface area (Å²) in [6.07, 6.45) is 3.04. The van der Waals surface area contributed by atoms with Crippen LogP contribution in [-0.4, -0.2) is 28.8 Å². The van der Waals surface area contributed by atoms with Crippen LogP contribution in [-0.2, 0) is 9.59 Å². The maximum Gasteiger partial charge on any atom is 0.335 e. The number of hydrogen-bond donors (Lipinski definition) is 2. The molecule has 0 saturated carbocycles. The first-order valence-corrected chi connectivity index (χ1v) is 10.5. The number of anilines is 2. The van der Waals surface area contributed by atoms with Crippen LogP contribution < -0.4 is 10.2 Å². The minimum absolute atomic E-state index is 0.0172. The Hall–Kier alpha value is -3.26. The summed E-state index contributed by atoms with van der Waals surface area (Å²) >= 11 is 3.30. The zero-order valence-electron chi connectivity index (χ0n) is 16.6. The molecule has 0 aromatic heterocycles. The van der Waals surface area contributed by atoms with Crippen LogP contribution in [0.3, 0.4) is 0 Å². The molecule has 2 N–H and O–H groups in total. The number of imide groups is 1. The average Bonchev–Trinajstić information content (AvgIpc) is 2.99. The molecule has 158 valence electrons. The van der Waals surface area contributed by atoms with Crippen molar-refractivity contribution in [1.29, 1.82) is 0 Å². The van der Waals surface area contributed by atoms with Crippen LogP contribution in [0.2, 0.25) is 0 Å². The lowest BCUT2D eigenvalue weighted by Gasteiger charge is -2.19. The molecule has 4 rings (SSSR count). The van der Waals surface area contributed by atoms with E-state index < -0.39 is 23.7 Å². The number of para-hydroxylation sites is 1. The predicted molar refractivity (Wildman–Crippen MR) is 118 cm³/mol. The number of nitrogens with zero attached hydrogens (tertiary/aromatic N) is 1. The summed E-state index contributed by atoms with van der Waals surface area (Å²) in [5.74, 6) is -3.08. The molecule has 2 atom stereocenters. The number of hydrogen-bond acceptors (Lipinski definition) is 4. The summed E-state index contributed by atoms with van der Waals surface area (Å²) in [4.78, 5) is 51.6. The smallest absolute Gasteiger partial charge is 0.335 e. The second kappa shape index (κ2) is 8.11. The monoisotopic (exact) mass is 482 g/mol. The van der Waals surface area contributed by atoms with E-state index in [0.717, 1.165) is 10.5 Å². The van der Waals surface area contributed by atoms with Gasteiger partial charge in [0.25, 0.3) is 5.91 Å². The molecule has 0 radical (unpaired) electrons. The maximum atomic E-state index is 13.1. The first kappa shape index (κ1) is 21.0. The lowest BCUT2D eigenvalue weighted by atomic mass is 9.82. The average molecular weight is 483 g/mol. The largest absolute Gasteiger partial charge is 0.478 e. The molecule has 1 aliphatic carbocycles. The summed E-state index contributed by atoms with van der Waals surface area (Å²) in [6.45, 7) is 1.95. The van der Waals surface area contributed by atoms with Crippen molar-refractivity contribution in [2.75, 3.05) is 10.2 Å². The molecule has 1 heterocycles. The van der Waals surface area contributed by atoms with Gasteiger partial charge in [0.05, 0.1) is 34.3 Å². The summed E-state index contributed by atoms with van der Waals surface area (Å²) in [5.41, 5.74) is 1.75. The van der Waals surface area contributed by atoms with Crippen molar-refractivity contribution in [3.05, 3.63) is 69.7 Å². The molecule has 8 heteroatoms. The van der Waals surface area contributed by atoms with Gasteiger partial charge < -0.3 is 10.4 Å². The quantitative estimate of drug-likeness (QED) is 0.500. The predicted octanol–water partition coefficient (Wildman–Crippen LogP) is 4.25.